The van der Waals surface area contributed by atoms with Crippen LogP contribution in [0.5, 0.6) is 0 Å². The second kappa shape index (κ2) is 9.90. The molecule has 2 bridgehead atoms. The van der Waals surface area contributed by atoms with E-state index in [1.165, 1.54) is 0 Å². The fourth-order valence-corrected chi connectivity index (χ4v) is 8.78. The van der Waals surface area contributed by atoms with E-state index in [0.29, 0.717) is 19.4 Å². The maximum atomic E-state index is 14.1. The quantitative estimate of drug-likeness (QED) is 0.439. The summed E-state index contributed by atoms with van der Waals surface area (Å²) in [6, 6.07) is 8.50. The van der Waals surface area contributed by atoms with E-state index in [4.69, 9.17) is 0 Å². The molecule has 2 unspecified atom stereocenters. The third-order valence-corrected chi connectivity index (χ3v) is 9.98. The number of nitrogens with one attached hydrogen (secondary N) is 2. The minimum Gasteiger partial charge on any atom is -0.394 e. The Labute approximate surface area is 206 Å². The fraction of sp³-hybridized carbons (Fsp3) is 0.654. The van der Waals surface area contributed by atoms with Crippen molar-refractivity contribution in [1.29, 1.82) is 0 Å². The Balaban J connectivity index is 1.71. The number of hydrogen-bond acceptors (Lipinski definition) is 5. The second-order valence-electron chi connectivity index (χ2n) is 10.1. The van der Waals surface area contributed by atoms with Gasteiger partial charge in [-0.05, 0) is 38.2 Å². The molecule has 3 fully saturated rings. The molecule has 3 N–H and O–H groups in total. The highest BCUT2D eigenvalue weighted by Crippen LogP contribution is 2.71. The Morgan fingerprint density at radius 1 is 1.21 bits per heavy atom. The van der Waals surface area contributed by atoms with Crippen molar-refractivity contribution in [3.8, 4) is 0 Å². The Hall–Kier alpha value is -2.06. The third kappa shape index (κ3) is 4.02. The lowest BCUT2D eigenvalue weighted by Gasteiger charge is -2.37. The van der Waals surface area contributed by atoms with Crippen LogP contribution < -0.4 is 10.6 Å². The van der Waals surface area contributed by atoms with Gasteiger partial charge in [0.2, 0.25) is 17.7 Å². The van der Waals surface area contributed by atoms with Crippen LogP contribution in [0.2, 0.25) is 0 Å². The van der Waals surface area contributed by atoms with E-state index in [0.717, 1.165) is 31.2 Å². The van der Waals surface area contributed by atoms with Gasteiger partial charge in [0.25, 0.3) is 0 Å². The number of aliphatic hydroxyl groups is 1. The first-order valence-corrected chi connectivity index (χ1v) is 13.3. The lowest BCUT2D eigenvalue weighted by atomic mass is 9.66. The van der Waals surface area contributed by atoms with E-state index in [-0.39, 0.29) is 29.1 Å². The SMILES string of the molecule is CCCCCNC(=O)C1N([C@@H](CO)Cc2ccccc2)C(=O)[C@@H]2[C@@H](C(=O)NC)[C@@]3(C)CCC12S3. The van der Waals surface area contributed by atoms with Gasteiger partial charge in [-0.15, -0.1) is 11.8 Å². The van der Waals surface area contributed by atoms with Crippen LogP contribution in [-0.4, -0.2) is 69.5 Å². The Morgan fingerprint density at radius 3 is 2.59 bits per heavy atom. The summed E-state index contributed by atoms with van der Waals surface area (Å²) in [5, 5.41) is 16.3. The molecule has 1 aromatic rings. The number of amides is 3. The van der Waals surface area contributed by atoms with Crippen LogP contribution in [0.15, 0.2) is 30.3 Å². The number of unbranched alkanes of at least 4 members (excludes halogenated alkanes) is 2. The molecule has 34 heavy (non-hydrogen) atoms. The average molecular weight is 488 g/mol. The summed E-state index contributed by atoms with van der Waals surface area (Å²) < 4.78 is -1.02. The molecule has 3 heterocycles. The number of carbonyl (C=O) groups excluding carboxylic acids is 3. The molecule has 8 heteroatoms. The summed E-state index contributed by atoms with van der Waals surface area (Å²) >= 11 is 1.66. The summed E-state index contributed by atoms with van der Waals surface area (Å²) in [6.07, 6.45) is 4.93. The maximum Gasteiger partial charge on any atom is 0.244 e. The zero-order valence-electron chi connectivity index (χ0n) is 20.4. The molecule has 186 valence electrons. The first-order valence-electron chi connectivity index (χ1n) is 12.5. The van der Waals surface area contributed by atoms with Crippen molar-refractivity contribution in [2.45, 2.75) is 74.0 Å². The van der Waals surface area contributed by atoms with Gasteiger partial charge in [0.1, 0.15) is 6.04 Å². The summed E-state index contributed by atoms with van der Waals surface area (Å²) in [7, 11) is 1.61. The van der Waals surface area contributed by atoms with Crippen LogP contribution in [-0.2, 0) is 20.8 Å². The summed E-state index contributed by atoms with van der Waals surface area (Å²) in [6.45, 7) is 4.50. The molecular formula is C26H37N3O4S. The van der Waals surface area contributed by atoms with Gasteiger partial charge in [-0.3, -0.25) is 14.4 Å². The molecule has 0 saturated carbocycles. The first kappa shape index (κ1) is 25.0. The van der Waals surface area contributed by atoms with E-state index < -0.39 is 28.7 Å². The third-order valence-electron chi connectivity index (χ3n) is 7.99. The van der Waals surface area contributed by atoms with Crippen LogP contribution >= 0.6 is 11.8 Å². The van der Waals surface area contributed by atoms with Crippen molar-refractivity contribution in [1.82, 2.24) is 15.5 Å². The molecule has 1 aromatic carbocycles. The van der Waals surface area contributed by atoms with Gasteiger partial charge in [-0.25, -0.2) is 0 Å². The van der Waals surface area contributed by atoms with Crippen molar-refractivity contribution in [3.63, 3.8) is 0 Å². The predicted molar refractivity (Wildman–Crippen MR) is 133 cm³/mol. The number of carbonyl (C=O) groups is 3. The fourth-order valence-electron chi connectivity index (χ4n) is 6.43. The number of aliphatic hydroxyl groups excluding tert-OH is 1. The van der Waals surface area contributed by atoms with E-state index in [1.807, 2.05) is 30.3 Å². The predicted octanol–water partition coefficient (Wildman–Crippen LogP) is 2.12. The molecule has 7 nitrogen and oxygen atoms in total. The molecule has 0 aliphatic carbocycles. The highest BCUT2D eigenvalue weighted by molar-refractivity contribution is 8.02. The smallest absolute Gasteiger partial charge is 0.244 e. The van der Waals surface area contributed by atoms with Gasteiger partial charge in [0.05, 0.1) is 29.2 Å². The highest BCUT2D eigenvalue weighted by Gasteiger charge is 2.77. The topological polar surface area (TPSA) is 98.7 Å². The Kier molecular flexibility index (Phi) is 7.29. The average Bonchev–Trinajstić information content (AvgIpc) is 3.41. The number of thioether (sulfide) groups is 1. The van der Waals surface area contributed by atoms with Gasteiger partial charge in [0.15, 0.2) is 0 Å². The maximum absolute atomic E-state index is 14.1. The van der Waals surface area contributed by atoms with E-state index in [9.17, 15) is 19.5 Å². The minimum atomic E-state index is -0.700. The van der Waals surface area contributed by atoms with Crippen LogP contribution in [0.1, 0.15) is 51.5 Å². The van der Waals surface area contributed by atoms with Crippen molar-refractivity contribution < 1.29 is 19.5 Å². The molecular weight excluding hydrogens is 450 g/mol. The number of benzene rings is 1. The number of nitrogens with zero attached hydrogens (tertiary/aromatic N) is 1. The lowest BCUT2D eigenvalue weighted by Crippen LogP contribution is -2.57. The molecule has 0 radical (unpaired) electrons. The summed E-state index contributed by atoms with van der Waals surface area (Å²) in [5.41, 5.74) is 0.998. The Morgan fingerprint density at radius 2 is 1.94 bits per heavy atom. The summed E-state index contributed by atoms with van der Waals surface area (Å²) in [4.78, 5) is 42.4. The molecule has 3 aliphatic rings. The van der Waals surface area contributed by atoms with Crippen molar-refractivity contribution in [3.05, 3.63) is 35.9 Å². The monoisotopic (exact) mass is 487 g/mol. The minimum absolute atomic E-state index is 0.137. The van der Waals surface area contributed by atoms with Gasteiger partial charge < -0.3 is 20.6 Å². The zero-order chi connectivity index (χ0) is 24.5. The van der Waals surface area contributed by atoms with Gasteiger partial charge in [-0.1, -0.05) is 50.1 Å². The number of rotatable bonds is 10. The number of hydrogen-bond donors (Lipinski definition) is 3. The van der Waals surface area contributed by atoms with E-state index in [1.54, 1.807) is 23.7 Å². The molecule has 6 atom stereocenters. The van der Waals surface area contributed by atoms with Crippen LogP contribution in [0.3, 0.4) is 0 Å². The normalized spacial score (nSPS) is 32.5. The summed E-state index contributed by atoms with van der Waals surface area (Å²) in [5.74, 6) is -1.52. The van der Waals surface area contributed by atoms with E-state index in [2.05, 4.69) is 24.5 Å². The van der Waals surface area contributed by atoms with Gasteiger partial charge in [-0.2, -0.15) is 0 Å². The first-order chi connectivity index (χ1) is 16.3. The largest absolute Gasteiger partial charge is 0.394 e. The highest BCUT2D eigenvalue weighted by atomic mass is 32.2. The van der Waals surface area contributed by atoms with Crippen molar-refractivity contribution >= 4 is 29.5 Å². The second-order valence-corrected chi connectivity index (χ2v) is 12.0. The molecule has 3 aliphatic heterocycles. The molecule has 3 saturated heterocycles. The molecule has 0 aromatic heterocycles. The van der Waals surface area contributed by atoms with Gasteiger partial charge >= 0.3 is 0 Å². The number of likely N-dealkylation sites (tertiary alicyclic amines) is 1. The zero-order valence-corrected chi connectivity index (χ0v) is 21.2. The van der Waals surface area contributed by atoms with E-state index >= 15 is 0 Å². The molecule has 4 rings (SSSR count). The van der Waals surface area contributed by atoms with Crippen molar-refractivity contribution in [2.24, 2.45) is 11.8 Å². The van der Waals surface area contributed by atoms with Crippen LogP contribution in [0.25, 0.3) is 0 Å². The molecule has 1 spiro atoms. The number of fused-ring (bicyclic) bond motifs is 1. The lowest BCUT2D eigenvalue weighted by molar-refractivity contribution is -0.143. The molecule has 3 amide bonds. The standard InChI is InChI=1S/C26H37N3O4S/c1-4-5-9-14-28-23(32)21-26-13-12-25(2,34-26)19(22(31)27-3)20(26)24(33)29(21)18(16-30)15-17-10-7-6-8-11-17/h6-8,10-11,18-21,30H,4-5,9,12-16H2,1-3H3,(H,27,31)(H,28,32)/t18-,19+,20+,21?,25-,26?/m1/s1. The Bertz CT molecular complexity index is 928. The van der Waals surface area contributed by atoms with Gasteiger partial charge in [0, 0.05) is 18.3 Å². The van der Waals surface area contributed by atoms with Crippen LogP contribution in [0.4, 0.5) is 0 Å². The van der Waals surface area contributed by atoms with Crippen LogP contribution in [0, 0.1) is 11.8 Å². The van der Waals surface area contributed by atoms with Crippen molar-refractivity contribution in [2.75, 3.05) is 20.2 Å².